The third-order valence-electron chi connectivity index (χ3n) is 2.66. The second-order valence-electron chi connectivity index (χ2n) is 3.79. The van der Waals surface area contributed by atoms with Gasteiger partial charge in [0.05, 0.1) is 0 Å². The highest BCUT2D eigenvalue weighted by atomic mass is 16.2. The molecule has 1 saturated heterocycles. The molecule has 2 N–H and O–H groups in total. The van der Waals surface area contributed by atoms with E-state index >= 15 is 0 Å². The molecule has 0 unspecified atom stereocenters. The van der Waals surface area contributed by atoms with E-state index < -0.39 is 0 Å². The number of hydrogen-bond donors (Lipinski definition) is 1. The molecule has 0 spiro atoms. The lowest BCUT2D eigenvalue weighted by atomic mass is 10.3. The summed E-state index contributed by atoms with van der Waals surface area (Å²) in [5.74, 6) is 0.969. The van der Waals surface area contributed by atoms with Gasteiger partial charge in [-0.25, -0.2) is 0 Å². The Kier molecular flexibility index (Phi) is 1.42. The molecule has 1 amide bonds. The van der Waals surface area contributed by atoms with Gasteiger partial charge in [0.15, 0.2) is 0 Å². The topological polar surface area (TPSA) is 46.3 Å². The number of amides is 1. The molecule has 0 bridgehead atoms. The van der Waals surface area contributed by atoms with Gasteiger partial charge in [-0.15, -0.1) is 0 Å². The second-order valence-corrected chi connectivity index (χ2v) is 3.79. The maximum atomic E-state index is 11.3. The van der Waals surface area contributed by atoms with Crippen molar-refractivity contribution in [2.75, 3.05) is 6.54 Å². The van der Waals surface area contributed by atoms with Crippen molar-refractivity contribution in [3.8, 4) is 0 Å². The van der Waals surface area contributed by atoms with Crippen molar-refractivity contribution in [1.29, 1.82) is 0 Å². The summed E-state index contributed by atoms with van der Waals surface area (Å²) in [6, 6.07) is 0.617. The Labute approximate surface area is 66.5 Å². The zero-order chi connectivity index (χ0) is 8.01. The average Bonchev–Trinajstić information content (AvgIpc) is 2.52. The van der Waals surface area contributed by atoms with Crippen LogP contribution >= 0.6 is 0 Å². The molecule has 0 aromatic heterocycles. The van der Waals surface area contributed by atoms with Crippen LogP contribution in [0.1, 0.15) is 19.8 Å². The van der Waals surface area contributed by atoms with Crippen LogP contribution in [0.2, 0.25) is 0 Å². The molecule has 1 heterocycles. The Balaban J connectivity index is 1.99. The van der Waals surface area contributed by atoms with Crippen LogP contribution in [0.4, 0.5) is 0 Å². The largest absolute Gasteiger partial charge is 0.338 e. The summed E-state index contributed by atoms with van der Waals surface area (Å²) in [6.07, 6.45) is 1.74. The first kappa shape index (κ1) is 7.10. The van der Waals surface area contributed by atoms with Crippen molar-refractivity contribution < 1.29 is 4.79 Å². The zero-order valence-corrected chi connectivity index (χ0v) is 6.79. The molecular formula is C8H14N2O. The van der Waals surface area contributed by atoms with Crippen LogP contribution in [0.3, 0.4) is 0 Å². The highest BCUT2D eigenvalue weighted by Crippen LogP contribution is 2.36. The Hall–Kier alpha value is -0.570. The van der Waals surface area contributed by atoms with E-state index in [1.54, 1.807) is 0 Å². The van der Waals surface area contributed by atoms with E-state index in [-0.39, 0.29) is 11.9 Å². The third-order valence-corrected chi connectivity index (χ3v) is 2.66. The van der Waals surface area contributed by atoms with E-state index in [1.165, 1.54) is 6.42 Å². The average molecular weight is 154 g/mol. The minimum absolute atomic E-state index is 0.0929. The summed E-state index contributed by atoms with van der Waals surface area (Å²) in [4.78, 5) is 13.2. The summed E-state index contributed by atoms with van der Waals surface area (Å²) in [6.45, 7) is 2.97. The van der Waals surface area contributed by atoms with E-state index in [0.29, 0.717) is 18.4 Å². The number of carbonyl (C=O) groups is 1. The Bertz CT molecular complexity index is 193. The van der Waals surface area contributed by atoms with E-state index in [1.807, 2.05) is 4.90 Å². The Morgan fingerprint density at radius 3 is 2.64 bits per heavy atom. The molecule has 2 rings (SSSR count). The maximum Gasteiger partial charge on any atom is 0.224 e. The predicted octanol–water partition coefficient (Wildman–Crippen LogP) is -0.0456. The molecule has 3 heteroatoms. The zero-order valence-electron chi connectivity index (χ0n) is 6.79. The van der Waals surface area contributed by atoms with Gasteiger partial charge in [-0.05, 0) is 12.3 Å². The van der Waals surface area contributed by atoms with Crippen LogP contribution in [-0.4, -0.2) is 29.4 Å². The highest BCUT2D eigenvalue weighted by molar-refractivity contribution is 5.80. The summed E-state index contributed by atoms with van der Waals surface area (Å²) in [5.41, 5.74) is 5.66. The first-order chi connectivity index (χ1) is 5.18. The molecule has 1 saturated carbocycles. The minimum Gasteiger partial charge on any atom is -0.338 e. The first-order valence-electron chi connectivity index (χ1n) is 4.23. The standard InChI is InChI=1S/C8H14N2O/c1-5-2-7(5)10-4-6(9)3-8(10)11/h5-7H,2-4,9H2,1H3/t5-,6+,7+/m1/s1. The van der Waals surface area contributed by atoms with Crippen LogP contribution in [0.25, 0.3) is 0 Å². The molecule has 0 radical (unpaired) electrons. The summed E-state index contributed by atoms with van der Waals surface area (Å²) < 4.78 is 0. The monoisotopic (exact) mass is 154 g/mol. The van der Waals surface area contributed by atoms with Crippen LogP contribution in [0.15, 0.2) is 0 Å². The van der Waals surface area contributed by atoms with Gasteiger partial charge in [-0.1, -0.05) is 6.92 Å². The van der Waals surface area contributed by atoms with E-state index in [4.69, 9.17) is 5.73 Å². The molecule has 11 heavy (non-hydrogen) atoms. The Morgan fingerprint density at radius 2 is 2.27 bits per heavy atom. The molecule has 2 aliphatic rings. The molecule has 0 aromatic rings. The first-order valence-corrected chi connectivity index (χ1v) is 4.23. The smallest absolute Gasteiger partial charge is 0.224 e. The fourth-order valence-corrected chi connectivity index (χ4v) is 1.82. The van der Waals surface area contributed by atoms with Crippen molar-refractivity contribution in [3.63, 3.8) is 0 Å². The van der Waals surface area contributed by atoms with Crippen LogP contribution in [0, 0.1) is 5.92 Å². The number of carbonyl (C=O) groups excluding carboxylic acids is 1. The summed E-state index contributed by atoms with van der Waals surface area (Å²) >= 11 is 0. The number of likely N-dealkylation sites (tertiary alicyclic amines) is 1. The van der Waals surface area contributed by atoms with Gasteiger partial charge in [0.1, 0.15) is 0 Å². The van der Waals surface area contributed by atoms with Gasteiger partial charge >= 0.3 is 0 Å². The van der Waals surface area contributed by atoms with Crippen molar-refractivity contribution in [2.45, 2.75) is 31.8 Å². The lowest BCUT2D eigenvalue weighted by molar-refractivity contribution is -0.128. The number of nitrogens with zero attached hydrogens (tertiary/aromatic N) is 1. The summed E-state index contributed by atoms with van der Waals surface area (Å²) in [5, 5.41) is 0. The quantitative estimate of drug-likeness (QED) is 0.576. The number of nitrogens with two attached hydrogens (primary N) is 1. The van der Waals surface area contributed by atoms with Crippen molar-refractivity contribution in [2.24, 2.45) is 11.7 Å². The minimum atomic E-state index is 0.0929. The number of rotatable bonds is 1. The summed E-state index contributed by atoms with van der Waals surface area (Å²) in [7, 11) is 0. The fraction of sp³-hybridized carbons (Fsp3) is 0.875. The van der Waals surface area contributed by atoms with Crippen LogP contribution in [0.5, 0.6) is 0 Å². The van der Waals surface area contributed by atoms with Gasteiger partial charge in [-0.3, -0.25) is 4.79 Å². The van der Waals surface area contributed by atoms with Crippen LogP contribution in [-0.2, 0) is 4.79 Å². The highest BCUT2D eigenvalue weighted by Gasteiger charge is 2.43. The van der Waals surface area contributed by atoms with Crippen molar-refractivity contribution >= 4 is 5.91 Å². The third kappa shape index (κ3) is 1.13. The van der Waals surface area contributed by atoms with Gasteiger partial charge in [0.25, 0.3) is 0 Å². The van der Waals surface area contributed by atoms with Crippen LogP contribution < -0.4 is 5.73 Å². The maximum absolute atomic E-state index is 11.3. The van der Waals surface area contributed by atoms with Gasteiger partial charge in [0.2, 0.25) is 5.91 Å². The SMILES string of the molecule is C[C@@H]1C[C@@H]1N1C[C@@H](N)CC1=O. The second kappa shape index (κ2) is 2.21. The van der Waals surface area contributed by atoms with Gasteiger partial charge < -0.3 is 10.6 Å². The van der Waals surface area contributed by atoms with Crippen molar-refractivity contribution in [3.05, 3.63) is 0 Å². The van der Waals surface area contributed by atoms with Gasteiger partial charge in [-0.2, -0.15) is 0 Å². The molecule has 3 nitrogen and oxygen atoms in total. The molecule has 0 aromatic carbocycles. The van der Waals surface area contributed by atoms with E-state index in [0.717, 1.165) is 6.54 Å². The predicted molar refractivity (Wildman–Crippen MR) is 41.9 cm³/mol. The lowest BCUT2D eigenvalue weighted by Gasteiger charge is -2.14. The lowest BCUT2D eigenvalue weighted by Crippen LogP contribution is -2.30. The molecular weight excluding hydrogens is 140 g/mol. The molecule has 3 atom stereocenters. The van der Waals surface area contributed by atoms with Gasteiger partial charge in [0, 0.05) is 25.0 Å². The van der Waals surface area contributed by atoms with E-state index in [9.17, 15) is 4.79 Å². The molecule has 1 aliphatic carbocycles. The molecule has 1 aliphatic heterocycles. The fourth-order valence-electron chi connectivity index (χ4n) is 1.82. The number of hydrogen-bond acceptors (Lipinski definition) is 2. The van der Waals surface area contributed by atoms with Crippen molar-refractivity contribution in [1.82, 2.24) is 4.90 Å². The molecule has 62 valence electrons. The normalized spacial score (nSPS) is 43.3. The molecule has 2 fully saturated rings. The Morgan fingerprint density at radius 1 is 1.64 bits per heavy atom. The van der Waals surface area contributed by atoms with E-state index in [2.05, 4.69) is 6.92 Å².